The average Bonchev–Trinajstić information content (AvgIpc) is 2.52. The van der Waals surface area contributed by atoms with Crippen molar-refractivity contribution in [2.45, 2.75) is 13.5 Å². The summed E-state index contributed by atoms with van der Waals surface area (Å²) in [5.41, 5.74) is 0.871. The van der Waals surface area contributed by atoms with Crippen LogP contribution in [0.4, 0.5) is 0 Å². The van der Waals surface area contributed by atoms with E-state index in [4.69, 9.17) is 16.0 Å². The standard InChI is InChI=1S/C9H14ClNO3S/c1-8-9(3-5-14-8)7-11(2)15(12,13)6-4-10/h3,5H,4,6-7H2,1-2H3. The van der Waals surface area contributed by atoms with Gasteiger partial charge in [-0.1, -0.05) is 0 Å². The molecule has 0 unspecified atom stereocenters. The van der Waals surface area contributed by atoms with Gasteiger partial charge in [0, 0.05) is 25.0 Å². The van der Waals surface area contributed by atoms with Crippen LogP contribution in [-0.4, -0.2) is 31.4 Å². The van der Waals surface area contributed by atoms with Gasteiger partial charge >= 0.3 is 0 Å². The van der Waals surface area contributed by atoms with Crippen LogP contribution >= 0.6 is 11.6 Å². The lowest BCUT2D eigenvalue weighted by Crippen LogP contribution is -2.29. The predicted molar refractivity (Wildman–Crippen MR) is 59.4 cm³/mol. The van der Waals surface area contributed by atoms with Crippen molar-refractivity contribution < 1.29 is 12.8 Å². The Morgan fingerprint density at radius 1 is 1.53 bits per heavy atom. The van der Waals surface area contributed by atoms with E-state index in [1.165, 1.54) is 11.4 Å². The minimum atomic E-state index is -3.24. The van der Waals surface area contributed by atoms with E-state index in [9.17, 15) is 8.42 Å². The molecule has 1 heterocycles. The van der Waals surface area contributed by atoms with Crippen LogP contribution < -0.4 is 0 Å². The SMILES string of the molecule is Cc1occc1CN(C)S(=O)(=O)CCCl. The minimum absolute atomic E-state index is 0.0397. The molecule has 1 aromatic heterocycles. The van der Waals surface area contributed by atoms with Gasteiger partial charge in [0.25, 0.3) is 0 Å². The zero-order valence-corrected chi connectivity index (χ0v) is 10.3. The summed E-state index contributed by atoms with van der Waals surface area (Å²) >= 11 is 5.42. The van der Waals surface area contributed by atoms with Crippen molar-refractivity contribution in [3.63, 3.8) is 0 Å². The summed E-state index contributed by atoms with van der Waals surface area (Å²) in [7, 11) is -1.71. The fourth-order valence-corrected chi connectivity index (χ4v) is 2.59. The highest BCUT2D eigenvalue weighted by Gasteiger charge is 2.18. The normalized spacial score (nSPS) is 12.3. The molecule has 0 N–H and O–H groups in total. The Balaban J connectivity index is 2.72. The highest BCUT2D eigenvalue weighted by molar-refractivity contribution is 7.89. The fraction of sp³-hybridized carbons (Fsp3) is 0.556. The number of alkyl halides is 1. The Bertz CT molecular complexity index is 413. The van der Waals surface area contributed by atoms with Gasteiger partial charge in [0.05, 0.1) is 12.0 Å². The molecule has 0 aliphatic rings. The van der Waals surface area contributed by atoms with Gasteiger partial charge in [-0.2, -0.15) is 0 Å². The number of hydrogen-bond donors (Lipinski definition) is 0. The quantitative estimate of drug-likeness (QED) is 0.747. The molecular weight excluding hydrogens is 238 g/mol. The van der Waals surface area contributed by atoms with Crippen LogP contribution in [0.25, 0.3) is 0 Å². The van der Waals surface area contributed by atoms with E-state index < -0.39 is 10.0 Å². The van der Waals surface area contributed by atoms with Crippen molar-refractivity contribution in [3.8, 4) is 0 Å². The predicted octanol–water partition coefficient (Wildman–Crippen LogP) is 1.59. The summed E-state index contributed by atoms with van der Waals surface area (Å²) < 4.78 is 29.5. The van der Waals surface area contributed by atoms with Crippen LogP contribution in [0.2, 0.25) is 0 Å². The number of aryl methyl sites for hydroxylation is 1. The van der Waals surface area contributed by atoms with Crippen molar-refractivity contribution in [2.24, 2.45) is 0 Å². The third-order valence-electron chi connectivity index (χ3n) is 2.17. The molecule has 15 heavy (non-hydrogen) atoms. The van der Waals surface area contributed by atoms with Crippen molar-refractivity contribution in [1.82, 2.24) is 4.31 Å². The van der Waals surface area contributed by atoms with E-state index in [0.29, 0.717) is 6.54 Å². The largest absolute Gasteiger partial charge is 0.469 e. The first kappa shape index (κ1) is 12.5. The topological polar surface area (TPSA) is 50.5 Å². The molecule has 86 valence electrons. The van der Waals surface area contributed by atoms with E-state index in [1.54, 1.807) is 19.3 Å². The van der Waals surface area contributed by atoms with Crippen LogP contribution in [-0.2, 0) is 16.6 Å². The molecule has 0 aromatic carbocycles. The maximum Gasteiger partial charge on any atom is 0.215 e. The zero-order chi connectivity index (χ0) is 11.5. The molecule has 0 amide bonds. The molecule has 0 fully saturated rings. The second kappa shape index (κ2) is 5.01. The number of sulfonamides is 1. The lowest BCUT2D eigenvalue weighted by Gasteiger charge is -2.15. The maximum atomic E-state index is 11.6. The van der Waals surface area contributed by atoms with Gasteiger partial charge in [-0.3, -0.25) is 0 Å². The molecule has 0 radical (unpaired) electrons. The van der Waals surface area contributed by atoms with Crippen LogP contribution in [0.5, 0.6) is 0 Å². The fourth-order valence-electron chi connectivity index (χ4n) is 1.17. The van der Waals surface area contributed by atoms with Crippen molar-refractivity contribution in [1.29, 1.82) is 0 Å². The first-order chi connectivity index (χ1) is 6.97. The summed E-state index contributed by atoms with van der Waals surface area (Å²) in [4.78, 5) is 0. The van der Waals surface area contributed by atoms with Crippen LogP contribution in [0, 0.1) is 6.92 Å². The molecule has 0 saturated heterocycles. The van der Waals surface area contributed by atoms with Gasteiger partial charge < -0.3 is 4.42 Å². The number of halogens is 1. The second-order valence-corrected chi connectivity index (χ2v) is 5.84. The van der Waals surface area contributed by atoms with Crippen molar-refractivity contribution in [2.75, 3.05) is 18.7 Å². The summed E-state index contributed by atoms with van der Waals surface area (Å²) in [6.07, 6.45) is 1.55. The molecule has 0 bridgehead atoms. The van der Waals surface area contributed by atoms with E-state index in [1.807, 2.05) is 0 Å². The van der Waals surface area contributed by atoms with E-state index >= 15 is 0 Å². The van der Waals surface area contributed by atoms with Crippen molar-refractivity contribution >= 4 is 21.6 Å². The van der Waals surface area contributed by atoms with Gasteiger partial charge in [0.2, 0.25) is 10.0 Å². The number of furan rings is 1. The van der Waals surface area contributed by atoms with E-state index in [2.05, 4.69) is 0 Å². The maximum absolute atomic E-state index is 11.6. The Labute approximate surface area is 94.9 Å². The summed E-state index contributed by atoms with van der Waals surface area (Å²) in [6, 6.07) is 1.77. The molecule has 1 rings (SSSR count). The second-order valence-electron chi connectivity index (χ2n) is 3.26. The highest BCUT2D eigenvalue weighted by Crippen LogP contribution is 2.13. The third kappa shape index (κ3) is 3.22. The molecule has 6 heteroatoms. The van der Waals surface area contributed by atoms with Crippen LogP contribution in [0.3, 0.4) is 0 Å². The number of rotatable bonds is 5. The molecule has 1 aromatic rings. The average molecular weight is 252 g/mol. The molecule has 0 aliphatic heterocycles. The minimum Gasteiger partial charge on any atom is -0.469 e. The summed E-state index contributed by atoms with van der Waals surface area (Å²) in [6.45, 7) is 2.12. The number of hydrogen-bond acceptors (Lipinski definition) is 3. The molecule has 0 aliphatic carbocycles. The van der Waals surface area contributed by atoms with Crippen molar-refractivity contribution in [3.05, 3.63) is 23.7 Å². The lowest BCUT2D eigenvalue weighted by molar-refractivity contribution is 0.460. The zero-order valence-electron chi connectivity index (χ0n) is 8.73. The van der Waals surface area contributed by atoms with E-state index in [0.717, 1.165) is 11.3 Å². The Kier molecular flexibility index (Phi) is 4.19. The summed E-state index contributed by atoms with van der Waals surface area (Å²) in [5, 5.41) is 0. The van der Waals surface area contributed by atoms with Gasteiger partial charge in [-0.25, -0.2) is 12.7 Å². The third-order valence-corrected chi connectivity index (χ3v) is 4.38. The smallest absolute Gasteiger partial charge is 0.215 e. The lowest BCUT2D eigenvalue weighted by atomic mass is 10.3. The van der Waals surface area contributed by atoms with Crippen LogP contribution in [0.15, 0.2) is 16.7 Å². The molecule has 0 saturated carbocycles. The number of nitrogens with zero attached hydrogens (tertiary/aromatic N) is 1. The Hall–Kier alpha value is -0.520. The highest BCUT2D eigenvalue weighted by atomic mass is 35.5. The van der Waals surface area contributed by atoms with Gasteiger partial charge in [-0.05, 0) is 13.0 Å². The first-order valence-electron chi connectivity index (χ1n) is 4.50. The molecule has 4 nitrogen and oxygen atoms in total. The molecular formula is C9H14ClNO3S. The first-order valence-corrected chi connectivity index (χ1v) is 6.64. The molecule has 0 atom stereocenters. The van der Waals surface area contributed by atoms with Gasteiger partial charge in [0.1, 0.15) is 5.76 Å². The van der Waals surface area contributed by atoms with Gasteiger partial charge in [0.15, 0.2) is 0 Å². The van der Waals surface area contributed by atoms with Gasteiger partial charge in [-0.15, -0.1) is 11.6 Å². The summed E-state index contributed by atoms with van der Waals surface area (Å²) in [5.74, 6) is 0.807. The Morgan fingerprint density at radius 3 is 2.67 bits per heavy atom. The van der Waals surface area contributed by atoms with Crippen LogP contribution in [0.1, 0.15) is 11.3 Å². The van der Waals surface area contributed by atoms with E-state index in [-0.39, 0.29) is 11.6 Å². The monoisotopic (exact) mass is 251 g/mol. The Morgan fingerprint density at radius 2 is 2.20 bits per heavy atom. The molecule has 0 spiro atoms.